The second-order valence-corrected chi connectivity index (χ2v) is 5.98. The number of aromatic nitrogens is 3. The Morgan fingerprint density at radius 3 is 2.81 bits per heavy atom. The molecule has 0 spiro atoms. The van der Waals surface area contributed by atoms with Crippen molar-refractivity contribution in [2.75, 3.05) is 13.1 Å². The minimum Gasteiger partial charge on any atom is -0.311 e. The van der Waals surface area contributed by atoms with Crippen LogP contribution in [0.3, 0.4) is 0 Å². The molecule has 5 nitrogen and oxygen atoms in total. The molecule has 2 atom stereocenters. The Bertz CT molecular complexity index is 592. The third-order valence-electron chi connectivity index (χ3n) is 4.19. The maximum Gasteiger partial charge on any atom is 0.0676 e. The van der Waals surface area contributed by atoms with Crippen LogP contribution in [0.1, 0.15) is 25.1 Å². The first kappa shape index (κ1) is 14.2. The van der Waals surface area contributed by atoms with Crippen LogP contribution in [0, 0.1) is 6.92 Å². The molecule has 5 heteroatoms. The molecule has 0 aromatic carbocycles. The molecular formula is C16H23N5. The van der Waals surface area contributed by atoms with Crippen molar-refractivity contribution in [1.29, 1.82) is 0 Å². The second kappa shape index (κ2) is 5.95. The van der Waals surface area contributed by atoms with E-state index in [1.54, 1.807) is 12.4 Å². The fourth-order valence-corrected chi connectivity index (χ4v) is 2.82. The van der Waals surface area contributed by atoms with Crippen molar-refractivity contribution in [1.82, 2.24) is 25.0 Å². The van der Waals surface area contributed by atoms with Gasteiger partial charge in [-0.05, 0) is 32.9 Å². The van der Waals surface area contributed by atoms with Crippen LogP contribution in [-0.2, 0) is 6.54 Å². The van der Waals surface area contributed by atoms with Gasteiger partial charge in [0.05, 0.1) is 11.4 Å². The Balaban J connectivity index is 1.78. The van der Waals surface area contributed by atoms with E-state index in [-0.39, 0.29) is 0 Å². The van der Waals surface area contributed by atoms with Crippen LogP contribution in [0.15, 0.2) is 30.7 Å². The van der Waals surface area contributed by atoms with Gasteiger partial charge in [0.1, 0.15) is 0 Å². The summed E-state index contributed by atoms with van der Waals surface area (Å²) in [5.41, 5.74) is 3.46. The molecule has 3 rings (SSSR count). The fraction of sp³-hybridized carbons (Fsp3) is 0.500. The van der Waals surface area contributed by atoms with Gasteiger partial charge in [-0.2, -0.15) is 5.10 Å². The van der Waals surface area contributed by atoms with Gasteiger partial charge in [0.25, 0.3) is 0 Å². The number of rotatable bonds is 3. The molecule has 2 aromatic heterocycles. The molecular weight excluding hydrogens is 262 g/mol. The lowest BCUT2D eigenvalue weighted by molar-refractivity contribution is 0.138. The van der Waals surface area contributed by atoms with Crippen LogP contribution >= 0.6 is 0 Å². The molecule has 1 aliphatic rings. The fourth-order valence-electron chi connectivity index (χ4n) is 2.82. The molecule has 112 valence electrons. The quantitative estimate of drug-likeness (QED) is 0.933. The van der Waals surface area contributed by atoms with Gasteiger partial charge >= 0.3 is 0 Å². The van der Waals surface area contributed by atoms with Gasteiger partial charge in [-0.1, -0.05) is 0 Å². The molecule has 1 aliphatic heterocycles. The van der Waals surface area contributed by atoms with Crippen molar-refractivity contribution in [3.05, 3.63) is 42.0 Å². The lowest BCUT2D eigenvalue weighted by Crippen LogP contribution is -2.53. The molecule has 1 saturated heterocycles. The molecule has 2 unspecified atom stereocenters. The minimum absolute atomic E-state index is 0.553. The summed E-state index contributed by atoms with van der Waals surface area (Å²) >= 11 is 0. The van der Waals surface area contributed by atoms with Crippen LogP contribution in [0.4, 0.5) is 0 Å². The normalized spacial score (nSPS) is 23.4. The molecule has 0 bridgehead atoms. The summed E-state index contributed by atoms with van der Waals surface area (Å²) in [6, 6.07) is 5.07. The number of hydrogen-bond donors (Lipinski definition) is 1. The summed E-state index contributed by atoms with van der Waals surface area (Å²) in [7, 11) is 0. The molecule has 1 fully saturated rings. The van der Waals surface area contributed by atoms with Crippen LogP contribution in [-0.4, -0.2) is 44.8 Å². The van der Waals surface area contributed by atoms with E-state index in [0.717, 1.165) is 31.0 Å². The monoisotopic (exact) mass is 285 g/mol. The summed E-state index contributed by atoms with van der Waals surface area (Å²) in [4.78, 5) is 6.59. The van der Waals surface area contributed by atoms with Crippen molar-refractivity contribution in [3.8, 4) is 5.69 Å². The third-order valence-corrected chi connectivity index (χ3v) is 4.19. The Kier molecular flexibility index (Phi) is 4.03. The van der Waals surface area contributed by atoms with Crippen LogP contribution in [0.2, 0.25) is 0 Å². The van der Waals surface area contributed by atoms with Crippen LogP contribution in [0.25, 0.3) is 5.69 Å². The highest BCUT2D eigenvalue weighted by atomic mass is 15.3. The summed E-state index contributed by atoms with van der Waals surface area (Å²) < 4.78 is 1.95. The Morgan fingerprint density at radius 1 is 1.29 bits per heavy atom. The smallest absolute Gasteiger partial charge is 0.0676 e. The van der Waals surface area contributed by atoms with Gasteiger partial charge in [0, 0.05) is 55.9 Å². The van der Waals surface area contributed by atoms with Crippen molar-refractivity contribution in [2.24, 2.45) is 0 Å². The van der Waals surface area contributed by atoms with Gasteiger partial charge in [-0.15, -0.1) is 0 Å². The van der Waals surface area contributed by atoms with Gasteiger partial charge in [-0.3, -0.25) is 9.88 Å². The summed E-state index contributed by atoms with van der Waals surface area (Å²) in [5.74, 6) is 0. The summed E-state index contributed by atoms with van der Waals surface area (Å²) in [6.07, 6.45) is 5.74. The average molecular weight is 285 g/mol. The Labute approximate surface area is 126 Å². The molecule has 21 heavy (non-hydrogen) atoms. The molecule has 0 radical (unpaired) electrons. The van der Waals surface area contributed by atoms with Gasteiger partial charge in [0.2, 0.25) is 0 Å². The van der Waals surface area contributed by atoms with Gasteiger partial charge in [-0.25, -0.2) is 4.68 Å². The average Bonchev–Trinajstić information content (AvgIpc) is 2.85. The lowest BCUT2D eigenvalue weighted by atomic mass is 10.1. The Hall–Kier alpha value is -1.72. The zero-order valence-corrected chi connectivity index (χ0v) is 13.0. The molecule has 2 aromatic rings. The molecule has 0 amide bonds. The molecule has 3 heterocycles. The molecule has 0 saturated carbocycles. The highest BCUT2D eigenvalue weighted by Gasteiger charge is 2.23. The second-order valence-electron chi connectivity index (χ2n) is 5.98. The van der Waals surface area contributed by atoms with E-state index in [9.17, 15) is 0 Å². The molecule has 0 aliphatic carbocycles. The third kappa shape index (κ3) is 3.14. The highest BCUT2D eigenvalue weighted by molar-refractivity contribution is 5.30. The maximum absolute atomic E-state index is 4.64. The summed E-state index contributed by atoms with van der Waals surface area (Å²) in [6.45, 7) is 9.71. The van der Waals surface area contributed by atoms with Crippen molar-refractivity contribution in [3.63, 3.8) is 0 Å². The van der Waals surface area contributed by atoms with Crippen molar-refractivity contribution >= 4 is 0 Å². The number of piperazine rings is 1. The summed E-state index contributed by atoms with van der Waals surface area (Å²) in [5, 5.41) is 8.16. The SMILES string of the molecule is Cc1nn(-c2ccncc2)cc1CN1CC(C)NCC1C. The van der Waals surface area contributed by atoms with Gasteiger partial charge in [0.15, 0.2) is 0 Å². The number of nitrogens with zero attached hydrogens (tertiary/aromatic N) is 4. The first-order valence-corrected chi connectivity index (χ1v) is 7.56. The lowest BCUT2D eigenvalue weighted by Gasteiger charge is -2.37. The van der Waals surface area contributed by atoms with E-state index in [4.69, 9.17) is 0 Å². The zero-order chi connectivity index (χ0) is 14.8. The van der Waals surface area contributed by atoms with Crippen molar-refractivity contribution in [2.45, 2.75) is 39.4 Å². The largest absolute Gasteiger partial charge is 0.311 e. The first-order chi connectivity index (χ1) is 10.1. The Morgan fingerprint density at radius 2 is 2.05 bits per heavy atom. The van der Waals surface area contributed by atoms with E-state index in [1.165, 1.54) is 5.56 Å². The topological polar surface area (TPSA) is 46.0 Å². The van der Waals surface area contributed by atoms with E-state index in [2.05, 4.69) is 47.3 Å². The number of aryl methyl sites for hydroxylation is 1. The van der Waals surface area contributed by atoms with Crippen LogP contribution < -0.4 is 5.32 Å². The minimum atomic E-state index is 0.553. The van der Waals surface area contributed by atoms with Gasteiger partial charge < -0.3 is 5.32 Å². The van der Waals surface area contributed by atoms with E-state index in [1.807, 2.05) is 16.8 Å². The van der Waals surface area contributed by atoms with Crippen LogP contribution in [0.5, 0.6) is 0 Å². The standard InChI is InChI=1S/C16H23N5/c1-12-9-20(13(2)8-18-12)10-15-11-21(19-14(15)3)16-4-6-17-7-5-16/h4-7,11-13,18H,8-10H2,1-3H3. The number of hydrogen-bond acceptors (Lipinski definition) is 4. The molecule has 1 N–H and O–H groups in total. The first-order valence-electron chi connectivity index (χ1n) is 7.56. The maximum atomic E-state index is 4.64. The van der Waals surface area contributed by atoms with E-state index < -0.39 is 0 Å². The highest BCUT2D eigenvalue weighted by Crippen LogP contribution is 2.16. The van der Waals surface area contributed by atoms with E-state index in [0.29, 0.717) is 12.1 Å². The zero-order valence-electron chi connectivity index (χ0n) is 13.0. The predicted octanol–water partition coefficient (Wildman–Crippen LogP) is 1.76. The number of pyridine rings is 1. The predicted molar refractivity (Wildman–Crippen MR) is 83.4 cm³/mol. The van der Waals surface area contributed by atoms with E-state index >= 15 is 0 Å². The van der Waals surface area contributed by atoms with Crippen molar-refractivity contribution < 1.29 is 0 Å². The number of nitrogens with one attached hydrogen (secondary N) is 1.